The molecule has 1 fully saturated rings. The SMILES string of the molecule is CCOC(=O)C(NCC(=O)NC1CC1)c1ccccc1. The Morgan fingerprint density at radius 1 is 1.30 bits per heavy atom. The highest BCUT2D eigenvalue weighted by Crippen LogP contribution is 2.18. The first-order chi connectivity index (χ1) is 9.70. The molecule has 20 heavy (non-hydrogen) atoms. The monoisotopic (exact) mass is 276 g/mol. The summed E-state index contributed by atoms with van der Waals surface area (Å²) in [5.41, 5.74) is 0.796. The fourth-order valence-electron chi connectivity index (χ4n) is 1.91. The first-order valence-electron chi connectivity index (χ1n) is 6.95. The Bertz CT molecular complexity index is 457. The van der Waals surface area contributed by atoms with Crippen LogP contribution in [0.15, 0.2) is 30.3 Å². The minimum absolute atomic E-state index is 0.0854. The van der Waals surface area contributed by atoms with Gasteiger partial charge in [-0.1, -0.05) is 30.3 Å². The molecule has 1 amide bonds. The number of nitrogens with one attached hydrogen (secondary N) is 2. The third-order valence-corrected chi connectivity index (χ3v) is 3.06. The quantitative estimate of drug-likeness (QED) is 0.733. The van der Waals surface area contributed by atoms with Gasteiger partial charge in [0, 0.05) is 6.04 Å². The molecule has 1 unspecified atom stereocenters. The summed E-state index contributed by atoms with van der Waals surface area (Å²) in [7, 11) is 0. The van der Waals surface area contributed by atoms with E-state index in [-0.39, 0.29) is 18.4 Å². The molecule has 1 aromatic rings. The van der Waals surface area contributed by atoms with Gasteiger partial charge in [-0.2, -0.15) is 0 Å². The van der Waals surface area contributed by atoms with Crippen LogP contribution in [0.2, 0.25) is 0 Å². The van der Waals surface area contributed by atoms with Gasteiger partial charge in [-0.15, -0.1) is 0 Å². The van der Waals surface area contributed by atoms with Crippen molar-refractivity contribution < 1.29 is 14.3 Å². The van der Waals surface area contributed by atoms with Crippen LogP contribution in [0.1, 0.15) is 31.4 Å². The van der Waals surface area contributed by atoms with Gasteiger partial charge in [0.05, 0.1) is 13.2 Å². The Morgan fingerprint density at radius 3 is 2.60 bits per heavy atom. The summed E-state index contributed by atoms with van der Waals surface area (Å²) in [6.07, 6.45) is 2.09. The molecule has 0 heterocycles. The second-order valence-corrected chi connectivity index (χ2v) is 4.82. The fraction of sp³-hybridized carbons (Fsp3) is 0.467. The van der Waals surface area contributed by atoms with Gasteiger partial charge in [-0.25, -0.2) is 4.79 Å². The number of benzene rings is 1. The Hall–Kier alpha value is -1.88. The lowest BCUT2D eigenvalue weighted by Crippen LogP contribution is -2.39. The van der Waals surface area contributed by atoms with Crippen molar-refractivity contribution in [2.24, 2.45) is 0 Å². The van der Waals surface area contributed by atoms with E-state index in [4.69, 9.17) is 4.74 Å². The number of hydrogen-bond acceptors (Lipinski definition) is 4. The highest BCUT2D eigenvalue weighted by atomic mass is 16.5. The predicted molar refractivity (Wildman–Crippen MR) is 75.0 cm³/mol. The molecule has 2 N–H and O–H groups in total. The standard InChI is InChI=1S/C15H20N2O3/c1-2-20-15(19)14(11-6-4-3-5-7-11)16-10-13(18)17-12-8-9-12/h3-7,12,14,16H,2,8-10H2,1H3,(H,17,18). The van der Waals surface area contributed by atoms with E-state index >= 15 is 0 Å². The molecule has 5 nitrogen and oxygen atoms in total. The largest absolute Gasteiger partial charge is 0.465 e. The third-order valence-electron chi connectivity index (χ3n) is 3.06. The van der Waals surface area contributed by atoms with Gasteiger partial charge in [-0.05, 0) is 25.3 Å². The van der Waals surface area contributed by atoms with Crippen molar-refractivity contribution in [1.82, 2.24) is 10.6 Å². The Kier molecular flexibility index (Phi) is 5.12. The zero-order valence-electron chi connectivity index (χ0n) is 11.6. The average molecular weight is 276 g/mol. The highest BCUT2D eigenvalue weighted by Gasteiger charge is 2.25. The average Bonchev–Trinajstić information content (AvgIpc) is 3.24. The molecule has 1 aliphatic carbocycles. The number of ether oxygens (including phenoxy) is 1. The van der Waals surface area contributed by atoms with E-state index < -0.39 is 6.04 Å². The molecule has 1 saturated carbocycles. The van der Waals surface area contributed by atoms with E-state index in [0.29, 0.717) is 12.6 Å². The van der Waals surface area contributed by atoms with Gasteiger partial charge in [0.25, 0.3) is 0 Å². The molecular formula is C15H20N2O3. The Balaban J connectivity index is 1.95. The van der Waals surface area contributed by atoms with E-state index in [1.54, 1.807) is 6.92 Å². The summed E-state index contributed by atoms with van der Waals surface area (Å²) < 4.78 is 5.05. The van der Waals surface area contributed by atoms with Gasteiger partial charge in [0.1, 0.15) is 6.04 Å². The van der Waals surface area contributed by atoms with Crippen molar-refractivity contribution in [2.45, 2.75) is 31.8 Å². The van der Waals surface area contributed by atoms with Crippen LogP contribution in [0.3, 0.4) is 0 Å². The summed E-state index contributed by atoms with van der Waals surface area (Å²) in [5, 5.41) is 5.84. The number of carbonyl (C=O) groups excluding carboxylic acids is 2. The molecule has 0 saturated heterocycles. The van der Waals surface area contributed by atoms with E-state index in [0.717, 1.165) is 18.4 Å². The molecule has 1 aliphatic rings. The molecule has 5 heteroatoms. The smallest absolute Gasteiger partial charge is 0.327 e. The third kappa shape index (κ3) is 4.35. The number of rotatable bonds is 7. The predicted octanol–water partition coefficient (Wildman–Crippen LogP) is 1.16. The zero-order chi connectivity index (χ0) is 14.4. The van der Waals surface area contributed by atoms with Crippen LogP contribution in [0, 0.1) is 0 Å². The van der Waals surface area contributed by atoms with Crippen LogP contribution < -0.4 is 10.6 Å². The molecular weight excluding hydrogens is 256 g/mol. The van der Waals surface area contributed by atoms with Crippen molar-refractivity contribution >= 4 is 11.9 Å². The van der Waals surface area contributed by atoms with E-state index in [2.05, 4.69) is 10.6 Å². The first kappa shape index (κ1) is 14.5. The maximum Gasteiger partial charge on any atom is 0.327 e. The zero-order valence-corrected chi connectivity index (χ0v) is 11.6. The topological polar surface area (TPSA) is 67.4 Å². The van der Waals surface area contributed by atoms with Crippen molar-refractivity contribution in [3.05, 3.63) is 35.9 Å². The van der Waals surface area contributed by atoms with E-state index in [1.165, 1.54) is 0 Å². The van der Waals surface area contributed by atoms with Crippen molar-refractivity contribution in [2.75, 3.05) is 13.2 Å². The van der Waals surface area contributed by atoms with Gasteiger partial charge in [0.2, 0.25) is 5.91 Å². The number of carbonyl (C=O) groups is 2. The van der Waals surface area contributed by atoms with Crippen LogP contribution in [-0.4, -0.2) is 31.1 Å². The van der Waals surface area contributed by atoms with Crippen LogP contribution in [0.5, 0.6) is 0 Å². The van der Waals surface area contributed by atoms with Crippen LogP contribution in [-0.2, 0) is 14.3 Å². The second kappa shape index (κ2) is 7.05. The Morgan fingerprint density at radius 2 is 2.00 bits per heavy atom. The van der Waals surface area contributed by atoms with Crippen molar-refractivity contribution in [3.8, 4) is 0 Å². The summed E-state index contributed by atoms with van der Waals surface area (Å²) >= 11 is 0. The first-order valence-corrected chi connectivity index (χ1v) is 6.95. The lowest BCUT2D eigenvalue weighted by atomic mass is 10.1. The molecule has 108 valence electrons. The van der Waals surface area contributed by atoms with Crippen LogP contribution in [0.4, 0.5) is 0 Å². The lowest BCUT2D eigenvalue weighted by Gasteiger charge is -2.17. The molecule has 0 aliphatic heterocycles. The Labute approximate surface area is 118 Å². The highest BCUT2D eigenvalue weighted by molar-refractivity contribution is 5.81. The maximum atomic E-state index is 12.0. The van der Waals surface area contributed by atoms with Crippen LogP contribution in [0.25, 0.3) is 0 Å². The molecule has 0 bridgehead atoms. The summed E-state index contributed by atoms with van der Waals surface area (Å²) in [4.78, 5) is 23.7. The molecule has 2 rings (SSSR count). The minimum atomic E-state index is -0.610. The van der Waals surface area contributed by atoms with E-state index in [9.17, 15) is 9.59 Å². The molecule has 0 spiro atoms. The molecule has 1 atom stereocenters. The summed E-state index contributed by atoms with van der Waals surface area (Å²) in [6, 6.07) is 8.98. The summed E-state index contributed by atoms with van der Waals surface area (Å²) in [6.45, 7) is 2.19. The minimum Gasteiger partial charge on any atom is -0.465 e. The fourth-order valence-corrected chi connectivity index (χ4v) is 1.91. The van der Waals surface area contributed by atoms with Gasteiger partial charge < -0.3 is 10.1 Å². The van der Waals surface area contributed by atoms with Crippen molar-refractivity contribution in [3.63, 3.8) is 0 Å². The number of hydrogen-bond donors (Lipinski definition) is 2. The maximum absolute atomic E-state index is 12.0. The van der Waals surface area contributed by atoms with Gasteiger partial charge >= 0.3 is 5.97 Å². The number of esters is 1. The van der Waals surface area contributed by atoms with Gasteiger partial charge in [-0.3, -0.25) is 10.1 Å². The van der Waals surface area contributed by atoms with Crippen molar-refractivity contribution in [1.29, 1.82) is 0 Å². The van der Waals surface area contributed by atoms with Gasteiger partial charge in [0.15, 0.2) is 0 Å². The second-order valence-electron chi connectivity index (χ2n) is 4.82. The number of amides is 1. The normalized spacial score (nSPS) is 15.4. The summed E-state index contributed by atoms with van der Waals surface area (Å²) in [5.74, 6) is -0.448. The molecule has 1 aromatic carbocycles. The van der Waals surface area contributed by atoms with Crippen LogP contribution >= 0.6 is 0 Å². The lowest BCUT2D eigenvalue weighted by molar-refractivity contribution is -0.145. The molecule has 0 radical (unpaired) electrons. The van der Waals surface area contributed by atoms with E-state index in [1.807, 2.05) is 30.3 Å². The molecule has 0 aromatic heterocycles.